The lowest BCUT2D eigenvalue weighted by Crippen LogP contribution is -2.47. The zero-order valence-corrected chi connectivity index (χ0v) is 15.7. The van der Waals surface area contributed by atoms with Gasteiger partial charge in [0.25, 0.3) is 0 Å². The van der Waals surface area contributed by atoms with Crippen molar-refractivity contribution in [3.63, 3.8) is 0 Å². The predicted molar refractivity (Wildman–Crippen MR) is 98.6 cm³/mol. The molecule has 2 rings (SSSR count). The minimum absolute atomic E-state index is 0. The molecule has 0 bridgehead atoms. The first kappa shape index (κ1) is 18.6. The molecule has 1 aliphatic rings. The second kappa shape index (κ2) is 9.58. The Morgan fingerprint density at radius 3 is 2.71 bits per heavy atom. The van der Waals surface area contributed by atoms with E-state index in [1.54, 1.807) is 19.6 Å². The average molecular weight is 425 g/mol. The highest BCUT2D eigenvalue weighted by Crippen LogP contribution is 2.32. The van der Waals surface area contributed by atoms with Crippen LogP contribution < -0.4 is 10.6 Å². The van der Waals surface area contributed by atoms with Gasteiger partial charge >= 0.3 is 0 Å². The number of thioether (sulfide) groups is 1. The fourth-order valence-corrected chi connectivity index (χ4v) is 3.03. The van der Waals surface area contributed by atoms with Crippen LogP contribution in [0, 0.1) is 0 Å². The van der Waals surface area contributed by atoms with Crippen LogP contribution in [0.1, 0.15) is 18.4 Å². The van der Waals surface area contributed by atoms with Crippen molar-refractivity contribution < 1.29 is 9.15 Å². The number of hydrogen-bond acceptors (Lipinski definition) is 4. The van der Waals surface area contributed by atoms with E-state index in [2.05, 4.69) is 21.9 Å². The van der Waals surface area contributed by atoms with E-state index in [9.17, 15) is 0 Å². The Bertz CT molecular complexity index is 420. The lowest BCUT2D eigenvalue weighted by molar-refractivity contribution is 0.0783. The molecular formula is C14H24IN3O2S. The molecule has 2 N–H and O–H groups in total. The van der Waals surface area contributed by atoms with Crippen molar-refractivity contribution >= 4 is 41.7 Å². The highest BCUT2D eigenvalue weighted by molar-refractivity contribution is 14.0. The number of aliphatic imine (C=N–C) groups is 1. The zero-order valence-electron chi connectivity index (χ0n) is 12.6. The van der Waals surface area contributed by atoms with E-state index >= 15 is 0 Å². The fraction of sp³-hybridized carbons (Fsp3) is 0.643. The predicted octanol–water partition coefficient (Wildman–Crippen LogP) is 2.47. The summed E-state index contributed by atoms with van der Waals surface area (Å²) < 4.78 is 10.8. The molecule has 2 heterocycles. The normalized spacial score (nSPS) is 17.9. The van der Waals surface area contributed by atoms with Gasteiger partial charge in [-0.3, -0.25) is 4.99 Å². The summed E-state index contributed by atoms with van der Waals surface area (Å²) in [4.78, 5) is 4.26. The van der Waals surface area contributed by atoms with E-state index in [0.717, 1.165) is 44.1 Å². The molecule has 5 nitrogen and oxygen atoms in total. The average Bonchev–Trinajstić information content (AvgIpc) is 3.02. The molecule has 1 saturated heterocycles. The van der Waals surface area contributed by atoms with E-state index in [1.807, 2.05) is 17.8 Å². The summed E-state index contributed by atoms with van der Waals surface area (Å²) in [6, 6.07) is 1.95. The Morgan fingerprint density at radius 2 is 2.14 bits per heavy atom. The van der Waals surface area contributed by atoms with Gasteiger partial charge in [0.1, 0.15) is 0 Å². The highest BCUT2D eigenvalue weighted by atomic mass is 127. The van der Waals surface area contributed by atoms with Crippen LogP contribution in [0.3, 0.4) is 0 Å². The number of rotatable bonds is 5. The standard InChI is InChI=1S/C14H23N3O2S.HI/c1-15-13(16-9-12-3-6-19-10-12)17-11-14(20-2)4-7-18-8-5-14;/h3,6,10H,4-5,7-9,11H2,1-2H3,(H2,15,16,17);1H. The fourth-order valence-electron chi connectivity index (χ4n) is 2.24. The van der Waals surface area contributed by atoms with Crippen LogP contribution in [0.25, 0.3) is 0 Å². The van der Waals surface area contributed by atoms with E-state index in [-0.39, 0.29) is 28.7 Å². The Balaban J connectivity index is 0.00000220. The summed E-state index contributed by atoms with van der Waals surface area (Å²) in [5, 5.41) is 6.72. The SMILES string of the molecule is CN=C(NCc1ccoc1)NCC1(SC)CCOCC1.I. The van der Waals surface area contributed by atoms with Crippen molar-refractivity contribution in [2.75, 3.05) is 33.1 Å². The number of furan rings is 1. The molecule has 1 aromatic rings. The third-order valence-electron chi connectivity index (χ3n) is 3.68. The van der Waals surface area contributed by atoms with Crippen molar-refractivity contribution in [2.45, 2.75) is 24.1 Å². The smallest absolute Gasteiger partial charge is 0.191 e. The first-order valence-corrected chi connectivity index (χ1v) is 8.09. The molecule has 0 amide bonds. The summed E-state index contributed by atoms with van der Waals surface area (Å²) >= 11 is 1.92. The number of nitrogens with zero attached hydrogens (tertiary/aromatic N) is 1. The van der Waals surface area contributed by atoms with Gasteiger partial charge in [-0.1, -0.05) is 0 Å². The van der Waals surface area contributed by atoms with Crippen LogP contribution in [0.2, 0.25) is 0 Å². The molecule has 7 heteroatoms. The second-order valence-corrected chi connectivity index (χ2v) is 6.18. The van der Waals surface area contributed by atoms with Gasteiger partial charge in [-0.15, -0.1) is 24.0 Å². The number of halogens is 1. The quantitative estimate of drug-likeness (QED) is 0.431. The summed E-state index contributed by atoms with van der Waals surface area (Å²) in [7, 11) is 1.79. The maximum atomic E-state index is 5.46. The van der Waals surface area contributed by atoms with Crippen LogP contribution >= 0.6 is 35.7 Å². The number of guanidine groups is 1. The molecule has 0 unspecified atom stereocenters. The molecule has 0 aliphatic carbocycles. The van der Waals surface area contributed by atoms with Crippen LogP contribution in [-0.2, 0) is 11.3 Å². The van der Waals surface area contributed by atoms with Crippen LogP contribution in [0.15, 0.2) is 28.0 Å². The van der Waals surface area contributed by atoms with Crippen LogP contribution in [-0.4, -0.2) is 43.8 Å². The third-order valence-corrected chi connectivity index (χ3v) is 5.10. The van der Waals surface area contributed by atoms with Crippen molar-refractivity contribution in [1.82, 2.24) is 10.6 Å². The summed E-state index contributed by atoms with van der Waals surface area (Å²) in [6.07, 6.45) is 7.76. The molecule has 0 radical (unpaired) electrons. The molecular weight excluding hydrogens is 401 g/mol. The third kappa shape index (κ3) is 5.71. The Morgan fingerprint density at radius 1 is 1.38 bits per heavy atom. The van der Waals surface area contributed by atoms with Gasteiger partial charge in [0.2, 0.25) is 0 Å². The maximum absolute atomic E-state index is 5.46. The molecule has 120 valence electrons. The highest BCUT2D eigenvalue weighted by Gasteiger charge is 2.31. The summed E-state index contributed by atoms with van der Waals surface area (Å²) in [5.74, 6) is 0.825. The Labute approximate surface area is 147 Å². The number of nitrogens with one attached hydrogen (secondary N) is 2. The summed E-state index contributed by atoms with van der Waals surface area (Å²) in [5.41, 5.74) is 1.11. The van der Waals surface area contributed by atoms with Gasteiger partial charge in [-0.2, -0.15) is 11.8 Å². The van der Waals surface area contributed by atoms with Crippen LogP contribution in [0.4, 0.5) is 0 Å². The minimum Gasteiger partial charge on any atom is -0.472 e. The lowest BCUT2D eigenvalue weighted by atomic mass is 9.99. The molecule has 21 heavy (non-hydrogen) atoms. The second-order valence-electron chi connectivity index (χ2n) is 4.91. The van der Waals surface area contributed by atoms with Gasteiger partial charge < -0.3 is 19.8 Å². The maximum Gasteiger partial charge on any atom is 0.191 e. The van der Waals surface area contributed by atoms with E-state index < -0.39 is 0 Å². The van der Waals surface area contributed by atoms with Gasteiger partial charge in [-0.05, 0) is 25.2 Å². The molecule has 0 saturated carbocycles. The topological polar surface area (TPSA) is 58.8 Å². The first-order chi connectivity index (χ1) is 9.78. The van der Waals surface area contributed by atoms with Crippen molar-refractivity contribution in [2.24, 2.45) is 4.99 Å². The molecule has 0 aromatic carbocycles. The van der Waals surface area contributed by atoms with Gasteiger partial charge in [0.05, 0.1) is 12.5 Å². The molecule has 1 fully saturated rings. The zero-order chi connectivity index (χ0) is 14.3. The van der Waals surface area contributed by atoms with Gasteiger partial charge in [0.15, 0.2) is 5.96 Å². The van der Waals surface area contributed by atoms with Gasteiger partial charge in [-0.25, -0.2) is 0 Å². The van der Waals surface area contributed by atoms with Crippen molar-refractivity contribution in [3.8, 4) is 0 Å². The summed E-state index contributed by atoms with van der Waals surface area (Å²) in [6.45, 7) is 3.32. The van der Waals surface area contributed by atoms with E-state index in [0.29, 0.717) is 6.54 Å². The Kier molecular flexibility index (Phi) is 8.50. The van der Waals surface area contributed by atoms with E-state index in [4.69, 9.17) is 9.15 Å². The van der Waals surface area contributed by atoms with Gasteiger partial charge in [0, 0.05) is 43.7 Å². The molecule has 1 aromatic heterocycles. The lowest BCUT2D eigenvalue weighted by Gasteiger charge is -2.36. The van der Waals surface area contributed by atoms with Crippen molar-refractivity contribution in [3.05, 3.63) is 24.2 Å². The molecule has 0 spiro atoms. The number of ether oxygens (including phenoxy) is 1. The monoisotopic (exact) mass is 425 g/mol. The molecule has 1 aliphatic heterocycles. The van der Waals surface area contributed by atoms with E-state index in [1.165, 1.54) is 0 Å². The Hall–Kier alpha value is -0.410. The number of hydrogen-bond donors (Lipinski definition) is 2. The van der Waals surface area contributed by atoms with Crippen molar-refractivity contribution in [1.29, 1.82) is 0 Å². The molecule has 0 atom stereocenters. The largest absolute Gasteiger partial charge is 0.472 e. The van der Waals surface area contributed by atoms with Crippen LogP contribution in [0.5, 0.6) is 0 Å². The minimum atomic E-state index is 0. The first-order valence-electron chi connectivity index (χ1n) is 6.86.